The standard InChI is InChI=1S/C20H24N4O/c25-15-24(23-13-19(14-23)18-2-1-9-22-12-18)20-5-3-16(4-6-20)17-7-10-21-11-8-17/h1-6,9,12,15,17,19,21H,7-8,10-11,13-14H2. The summed E-state index contributed by atoms with van der Waals surface area (Å²) in [5, 5.41) is 7.23. The average molecular weight is 336 g/mol. The van der Waals surface area contributed by atoms with E-state index in [1.54, 1.807) is 11.2 Å². The lowest BCUT2D eigenvalue weighted by atomic mass is 9.90. The Bertz CT molecular complexity index is 691. The number of rotatable bonds is 5. The number of carbonyl (C=O) groups is 1. The number of amides is 1. The lowest BCUT2D eigenvalue weighted by Crippen LogP contribution is -2.54. The minimum atomic E-state index is 0.449. The van der Waals surface area contributed by atoms with E-state index in [4.69, 9.17) is 0 Å². The van der Waals surface area contributed by atoms with Crippen LogP contribution in [-0.2, 0) is 4.79 Å². The molecule has 2 fully saturated rings. The van der Waals surface area contributed by atoms with Crippen molar-refractivity contribution < 1.29 is 4.79 Å². The number of hydrogen-bond donors (Lipinski definition) is 1. The third-order valence-electron chi connectivity index (χ3n) is 5.39. The van der Waals surface area contributed by atoms with Crippen LogP contribution in [0.25, 0.3) is 0 Å². The van der Waals surface area contributed by atoms with Crippen molar-refractivity contribution >= 4 is 12.1 Å². The molecule has 2 saturated heterocycles. The second kappa shape index (κ2) is 7.33. The number of pyridine rings is 1. The molecule has 2 aliphatic rings. The van der Waals surface area contributed by atoms with E-state index in [-0.39, 0.29) is 0 Å². The molecule has 0 bridgehead atoms. The fourth-order valence-electron chi connectivity index (χ4n) is 3.80. The van der Waals surface area contributed by atoms with Crippen molar-refractivity contribution in [3.63, 3.8) is 0 Å². The van der Waals surface area contributed by atoms with E-state index < -0.39 is 0 Å². The zero-order chi connectivity index (χ0) is 17.1. The highest BCUT2D eigenvalue weighted by atomic mass is 16.1. The first-order chi connectivity index (χ1) is 12.3. The van der Waals surface area contributed by atoms with Gasteiger partial charge in [-0.1, -0.05) is 18.2 Å². The van der Waals surface area contributed by atoms with E-state index >= 15 is 0 Å². The lowest BCUT2D eigenvalue weighted by molar-refractivity contribution is -0.111. The number of hydrogen-bond acceptors (Lipinski definition) is 4. The molecule has 0 spiro atoms. The predicted molar refractivity (Wildman–Crippen MR) is 98.4 cm³/mol. The Morgan fingerprint density at radius 1 is 1.04 bits per heavy atom. The first-order valence-electron chi connectivity index (χ1n) is 9.05. The Hall–Kier alpha value is -2.24. The summed E-state index contributed by atoms with van der Waals surface area (Å²) >= 11 is 0. The molecule has 1 N–H and O–H groups in total. The molecule has 25 heavy (non-hydrogen) atoms. The second-order valence-electron chi connectivity index (χ2n) is 6.92. The number of anilines is 1. The normalized spacial score (nSPS) is 19.4. The molecule has 0 saturated carbocycles. The molecule has 5 heteroatoms. The van der Waals surface area contributed by atoms with Gasteiger partial charge in [-0.25, -0.2) is 10.0 Å². The number of hydrazine groups is 1. The minimum Gasteiger partial charge on any atom is -0.317 e. The Labute approximate surface area is 148 Å². The summed E-state index contributed by atoms with van der Waals surface area (Å²) in [7, 11) is 0. The van der Waals surface area contributed by atoms with Crippen molar-refractivity contribution in [1.29, 1.82) is 0 Å². The summed E-state index contributed by atoms with van der Waals surface area (Å²) in [5.74, 6) is 1.09. The van der Waals surface area contributed by atoms with E-state index in [1.807, 2.05) is 12.3 Å². The SMILES string of the molecule is O=CN(c1ccc(C2CCNCC2)cc1)N1CC(c2cccnc2)C1. The molecule has 5 nitrogen and oxygen atoms in total. The van der Waals surface area contributed by atoms with Gasteiger partial charge in [-0.05, 0) is 61.2 Å². The molecule has 130 valence electrons. The smallest absolute Gasteiger partial charge is 0.228 e. The van der Waals surface area contributed by atoms with Crippen LogP contribution in [0.4, 0.5) is 5.69 Å². The van der Waals surface area contributed by atoms with Crippen LogP contribution in [0.3, 0.4) is 0 Å². The summed E-state index contributed by atoms with van der Waals surface area (Å²) in [6.45, 7) is 3.88. The fourth-order valence-corrected chi connectivity index (χ4v) is 3.80. The Morgan fingerprint density at radius 3 is 2.44 bits per heavy atom. The van der Waals surface area contributed by atoms with Crippen LogP contribution in [0.2, 0.25) is 0 Å². The maximum Gasteiger partial charge on any atom is 0.228 e. The van der Waals surface area contributed by atoms with Gasteiger partial charge in [0.15, 0.2) is 0 Å². The van der Waals surface area contributed by atoms with Gasteiger partial charge in [-0.15, -0.1) is 0 Å². The molecule has 0 radical (unpaired) electrons. The molecule has 0 atom stereocenters. The maximum atomic E-state index is 11.6. The molecule has 4 rings (SSSR count). The van der Waals surface area contributed by atoms with Crippen molar-refractivity contribution in [3.8, 4) is 0 Å². The van der Waals surface area contributed by atoms with Crippen LogP contribution >= 0.6 is 0 Å². The van der Waals surface area contributed by atoms with Crippen molar-refractivity contribution in [1.82, 2.24) is 15.3 Å². The van der Waals surface area contributed by atoms with Crippen LogP contribution in [0, 0.1) is 0 Å². The van der Waals surface area contributed by atoms with E-state index in [0.717, 1.165) is 38.3 Å². The van der Waals surface area contributed by atoms with Crippen molar-refractivity contribution in [3.05, 3.63) is 59.9 Å². The first-order valence-corrected chi connectivity index (χ1v) is 9.05. The molecule has 1 aromatic carbocycles. The van der Waals surface area contributed by atoms with Crippen LogP contribution < -0.4 is 10.3 Å². The number of benzene rings is 1. The average Bonchev–Trinajstić information content (AvgIpc) is 2.66. The molecule has 2 aromatic rings. The number of nitrogens with zero attached hydrogens (tertiary/aromatic N) is 3. The zero-order valence-electron chi connectivity index (χ0n) is 14.3. The minimum absolute atomic E-state index is 0.449. The van der Waals surface area contributed by atoms with Gasteiger partial charge in [0.1, 0.15) is 0 Å². The van der Waals surface area contributed by atoms with Gasteiger partial charge in [-0.3, -0.25) is 9.78 Å². The summed E-state index contributed by atoms with van der Waals surface area (Å²) in [4.78, 5) is 15.8. The van der Waals surface area contributed by atoms with Gasteiger partial charge >= 0.3 is 0 Å². The van der Waals surface area contributed by atoms with Gasteiger partial charge in [0.05, 0.1) is 5.69 Å². The van der Waals surface area contributed by atoms with E-state index in [2.05, 4.69) is 45.6 Å². The summed E-state index contributed by atoms with van der Waals surface area (Å²) in [5.41, 5.74) is 3.57. The number of aromatic nitrogens is 1. The van der Waals surface area contributed by atoms with E-state index in [1.165, 1.54) is 24.0 Å². The van der Waals surface area contributed by atoms with Crippen molar-refractivity contribution in [2.45, 2.75) is 24.7 Å². The van der Waals surface area contributed by atoms with E-state index in [9.17, 15) is 4.79 Å². The third kappa shape index (κ3) is 3.43. The van der Waals surface area contributed by atoms with Crippen LogP contribution in [0.5, 0.6) is 0 Å². The van der Waals surface area contributed by atoms with E-state index in [0.29, 0.717) is 11.8 Å². The maximum absolute atomic E-state index is 11.6. The molecule has 1 aromatic heterocycles. The molecule has 0 aliphatic carbocycles. The molecule has 0 unspecified atom stereocenters. The highest BCUT2D eigenvalue weighted by molar-refractivity contribution is 5.74. The fraction of sp³-hybridized carbons (Fsp3) is 0.400. The van der Waals surface area contributed by atoms with Crippen molar-refractivity contribution in [2.75, 3.05) is 31.2 Å². The first kappa shape index (κ1) is 16.2. The largest absolute Gasteiger partial charge is 0.317 e. The monoisotopic (exact) mass is 336 g/mol. The Morgan fingerprint density at radius 2 is 1.80 bits per heavy atom. The topological polar surface area (TPSA) is 48.5 Å². The van der Waals surface area contributed by atoms with Gasteiger partial charge in [0, 0.05) is 31.4 Å². The van der Waals surface area contributed by atoms with Crippen molar-refractivity contribution in [2.24, 2.45) is 0 Å². The highest BCUT2D eigenvalue weighted by Gasteiger charge is 2.32. The summed E-state index contributed by atoms with van der Waals surface area (Å²) in [6.07, 6.45) is 7.01. The third-order valence-corrected chi connectivity index (χ3v) is 5.39. The van der Waals surface area contributed by atoms with Crippen LogP contribution in [0.1, 0.15) is 35.8 Å². The summed E-state index contributed by atoms with van der Waals surface area (Å²) in [6, 6.07) is 12.6. The van der Waals surface area contributed by atoms with Gasteiger partial charge in [0.2, 0.25) is 6.41 Å². The van der Waals surface area contributed by atoms with Crippen LogP contribution in [-0.4, -0.2) is 42.6 Å². The van der Waals surface area contributed by atoms with Gasteiger partial charge in [-0.2, -0.15) is 0 Å². The quantitative estimate of drug-likeness (QED) is 0.853. The molecule has 1 amide bonds. The van der Waals surface area contributed by atoms with Gasteiger partial charge < -0.3 is 5.32 Å². The number of nitrogens with one attached hydrogen (secondary N) is 1. The number of carbonyl (C=O) groups excluding carboxylic acids is 1. The summed E-state index contributed by atoms with van der Waals surface area (Å²) < 4.78 is 0. The van der Waals surface area contributed by atoms with Crippen LogP contribution in [0.15, 0.2) is 48.8 Å². The Balaban J connectivity index is 1.41. The molecule has 2 aliphatic heterocycles. The molecule has 3 heterocycles. The predicted octanol–water partition coefficient (Wildman–Crippen LogP) is 2.53. The van der Waals surface area contributed by atoms with Gasteiger partial charge in [0.25, 0.3) is 0 Å². The number of piperidine rings is 1. The Kier molecular flexibility index (Phi) is 4.76. The molecular weight excluding hydrogens is 312 g/mol. The molecular formula is C20H24N4O. The lowest BCUT2D eigenvalue weighted by Gasteiger charge is -2.44. The zero-order valence-corrected chi connectivity index (χ0v) is 14.3. The second-order valence-corrected chi connectivity index (χ2v) is 6.92. The highest BCUT2D eigenvalue weighted by Crippen LogP contribution is 2.31.